The van der Waals surface area contributed by atoms with E-state index in [1.807, 2.05) is 31.2 Å². The molecular weight excluding hydrogens is 406 g/mol. The van der Waals surface area contributed by atoms with E-state index in [1.165, 1.54) is 4.90 Å². The van der Waals surface area contributed by atoms with Crippen LogP contribution in [0.25, 0.3) is 6.08 Å². The second kappa shape index (κ2) is 13.6. The largest absolute Gasteiger partial charge is 0.444 e. The molecule has 0 saturated carbocycles. The summed E-state index contributed by atoms with van der Waals surface area (Å²) in [7, 11) is 0. The number of carbonyl (C=O) groups is 3. The first-order valence-electron chi connectivity index (χ1n) is 11.4. The van der Waals surface area contributed by atoms with Gasteiger partial charge in [-0.3, -0.25) is 9.59 Å². The van der Waals surface area contributed by atoms with Crippen LogP contribution in [-0.2, 0) is 14.3 Å². The molecule has 0 aromatic heterocycles. The zero-order valence-corrected chi connectivity index (χ0v) is 20.2. The van der Waals surface area contributed by atoms with E-state index < -0.39 is 17.7 Å². The molecule has 0 radical (unpaired) electrons. The van der Waals surface area contributed by atoms with E-state index in [0.717, 1.165) is 24.8 Å². The van der Waals surface area contributed by atoms with Gasteiger partial charge in [0, 0.05) is 13.1 Å². The molecule has 0 aliphatic carbocycles. The minimum Gasteiger partial charge on any atom is -0.444 e. The van der Waals surface area contributed by atoms with Gasteiger partial charge in [-0.05, 0) is 50.8 Å². The van der Waals surface area contributed by atoms with Gasteiger partial charge in [-0.1, -0.05) is 57.5 Å². The minimum absolute atomic E-state index is 0.235. The topological polar surface area (TPSA) is 87.7 Å². The molecule has 0 saturated heterocycles. The van der Waals surface area contributed by atoms with Crippen LogP contribution in [0.5, 0.6) is 0 Å². The Kier molecular flexibility index (Phi) is 11.5. The third-order valence-electron chi connectivity index (χ3n) is 4.67. The normalized spacial score (nSPS) is 11.9. The summed E-state index contributed by atoms with van der Waals surface area (Å²) in [5, 5.41) is 5.48. The van der Waals surface area contributed by atoms with E-state index in [-0.39, 0.29) is 18.4 Å². The van der Waals surface area contributed by atoms with Crippen molar-refractivity contribution in [3.8, 4) is 0 Å². The lowest BCUT2D eigenvalue weighted by Crippen LogP contribution is -2.48. The zero-order valence-electron chi connectivity index (χ0n) is 20.2. The third kappa shape index (κ3) is 9.54. The van der Waals surface area contributed by atoms with Crippen molar-refractivity contribution in [3.05, 3.63) is 42.0 Å². The van der Waals surface area contributed by atoms with Gasteiger partial charge in [-0.15, -0.1) is 0 Å². The van der Waals surface area contributed by atoms with Crippen LogP contribution < -0.4 is 10.6 Å². The highest BCUT2D eigenvalue weighted by molar-refractivity contribution is 5.90. The number of rotatable bonds is 12. The molecular formula is C25H39N3O4. The monoisotopic (exact) mass is 445 g/mol. The summed E-state index contributed by atoms with van der Waals surface area (Å²) in [4.78, 5) is 39.9. The van der Waals surface area contributed by atoms with Gasteiger partial charge in [0.15, 0.2) is 0 Å². The molecule has 7 nitrogen and oxygen atoms in total. The standard InChI is InChI=1S/C25H39N3O4/c1-7-10-11-15-26-23(30)22(20-14-12-13-19(9-3)17-20)28(16-8-2)21(29)18-27-24(31)32-25(4,5)6/h9,12-14,17,22H,3,7-8,10-11,15-16,18H2,1-2,4-6H3,(H,26,30)(H,27,31). The van der Waals surface area contributed by atoms with Crippen molar-refractivity contribution >= 4 is 24.0 Å². The summed E-state index contributed by atoms with van der Waals surface area (Å²) < 4.78 is 5.22. The first kappa shape index (κ1) is 27.2. The highest BCUT2D eigenvalue weighted by atomic mass is 16.6. The number of benzene rings is 1. The Morgan fingerprint density at radius 1 is 1.12 bits per heavy atom. The van der Waals surface area contributed by atoms with Crippen LogP contribution in [0.15, 0.2) is 30.8 Å². The molecule has 1 atom stereocenters. The SMILES string of the molecule is C=Cc1cccc(C(C(=O)NCCCCC)N(CCC)C(=O)CNC(=O)OC(C)(C)C)c1. The van der Waals surface area contributed by atoms with E-state index in [2.05, 4.69) is 24.1 Å². The van der Waals surface area contributed by atoms with Gasteiger partial charge in [0.05, 0.1) is 0 Å². The average Bonchev–Trinajstić information content (AvgIpc) is 2.73. The number of hydrogen-bond donors (Lipinski definition) is 2. The Morgan fingerprint density at radius 2 is 1.84 bits per heavy atom. The van der Waals surface area contributed by atoms with Crippen LogP contribution in [-0.4, -0.2) is 48.0 Å². The Balaban J connectivity index is 3.11. The fourth-order valence-electron chi connectivity index (χ4n) is 3.21. The van der Waals surface area contributed by atoms with Gasteiger partial charge in [0.1, 0.15) is 18.2 Å². The lowest BCUT2D eigenvalue weighted by atomic mass is 10.0. The molecule has 1 unspecified atom stereocenters. The second-order valence-electron chi connectivity index (χ2n) is 8.72. The Labute approximate surface area is 192 Å². The van der Waals surface area contributed by atoms with Gasteiger partial charge >= 0.3 is 6.09 Å². The molecule has 7 heteroatoms. The maximum atomic E-state index is 13.2. The molecule has 0 aliphatic rings. The van der Waals surface area contributed by atoms with Crippen LogP contribution in [0.1, 0.15) is 77.5 Å². The van der Waals surface area contributed by atoms with Gasteiger partial charge in [-0.2, -0.15) is 0 Å². The predicted octanol–water partition coefficient (Wildman–Crippen LogP) is 4.44. The lowest BCUT2D eigenvalue weighted by molar-refractivity contribution is -0.140. The first-order chi connectivity index (χ1) is 15.1. The molecule has 1 aromatic carbocycles. The summed E-state index contributed by atoms with van der Waals surface area (Å²) in [6.07, 6.45) is 4.65. The molecule has 0 bridgehead atoms. The van der Waals surface area contributed by atoms with Crippen LogP contribution in [0.4, 0.5) is 4.79 Å². The van der Waals surface area contributed by atoms with Crippen LogP contribution in [0.2, 0.25) is 0 Å². The quantitative estimate of drug-likeness (QED) is 0.466. The number of nitrogens with zero attached hydrogens (tertiary/aromatic N) is 1. The highest BCUT2D eigenvalue weighted by Gasteiger charge is 2.31. The minimum atomic E-state index is -0.801. The number of ether oxygens (including phenoxy) is 1. The Bertz CT molecular complexity index is 771. The molecule has 0 spiro atoms. The maximum absolute atomic E-state index is 13.2. The summed E-state index contributed by atoms with van der Waals surface area (Å²) in [6, 6.07) is 6.63. The maximum Gasteiger partial charge on any atom is 0.408 e. The van der Waals surface area contributed by atoms with Crippen molar-refractivity contribution in [2.75, 3.05) is 19.6 Å². The molecule has 32 heavy (non-hydrogen) atoms. The molecule has 2 N–H and O–H groups in total. The van der Waals surface area contributed by atoms with Gasteiger partial charge in [0.25, 0.3) is 0 Å². The van der Waals surface area contributed by atoms with E-state index in [0.29, 0.717) is 25.1 Å². The fourth-order valence-corrected chi connectivity index (χ4v) is 3.21. The summed E-state index contributed by atoms with van der Waals surface area (Å²) in [5.41, 5.74) is 0.902. The van der Waals surface area contributed by atoms with Gasteiger partial charge in [0.2, 0.25) is 11.8 Å². The molecule has 3 amide bonds. The summed E-state index contributed by atoms with van der Waals surface area (Å²) in [6.45, 7) is 13.8. The van der Waals surface area contributed by atoms with Gasteiger partial charge < -0.3 is 20.3 Å². The number of hydrogen-bond acceptors (Lipinski definition) is 4. The van der Waals surface area contributed by atoms with Crippen molar-refractivity contribution in [2.24, 2.45) is 0 Å². The zero-order chi connectivity index (χ0) is 24.1. The number of carbonyl (C=O) groups excluding carboxylic acids is 3. The highest BCUT2D eigenvalue weighted by Crippen LogP contribution is 2.23. The van der Waals surface area contributed by atoms with E-state index >= 15 is 0 Å². The lowest BCUT2D eigenvalue weighted by Gasteiger charge is -2.31. The van der Waals surface area contributed by atoms with E-state index in [4.69, 9.17) is 4.74 Å². The predicted molar refractivity (Wildman–Crippen MR) is 128 cm³/mol. The van der Waals surface area contributed by atoms with Crippen molar-refractivity contribution in [1.29, 1.82) is 0 Å². The number of alkyl carbamates (subject to hydrolysis) is 1. The average molecular weight is 446 g/mol. The summed E-state index contributed by atoms with van der Waals surface area (Å²) >= 11 is 0. The smallest absolute Gasteiger partial charge is 0.408 e. The fraction of sp³-hybridized carbons (Fsp3) is 0.560. The van der Waals surface area contributed by atoms with Crippen LogP contribution >= 0.6 is 0 Å². The number of unbranched alkanes of at least 4 members (excludes halogenated alkanes) is 2. The van der Waals surface area contributed by atoms with Gasteiger partial charge in [-0.25, -0.2) is 4.79 Å². The van der Waals surface area contributed by atoms with Crippen molar-refractivity contribution in [2.45, 2.75) is 71.9 Å². The van der Waals surface area contributed by atoms with Crippen LogP contribution in [0, 0.1) is 0 Å². The molecule has 1 rings (SSSR count). The third-order valence-corrected chi connectivity index (χ3v) is 4.67. The molecule has 178 valence electrons. The molecule has 0 heterocycles. The Hall–Kier alpha value is -2.83. The van der Waals surface area contributed by atoms with Crippen molar-refractivity contribution in [3.63, 3.8) is 0 Å². The summed E-state index contributed by atoms with van der Waals surface area (Å²) in [5.74, 6) is -0.586. The molecule has 0 fully saturated rings. The van der Waals surface area contributed by atoms with E-state index in [9.17, 15) is 14.4 Å². The van der Waals surface area contributed by atoms with Crippen LogP contribution in [0.3, 0.4) is 0 Å². The molecule has 0 aliphatic heterocycles. The Morgan fingerprint density at radius 3 is 2.44 bits per heavy atom. The number of nitrogens with one attached hydrogen (secondary N) is 2. The van der Waals surface area contributed by atoms with Crippen molar-refractivity contribution in [1.82, 2.24) is 15.5 Å². The molecule has 1 aromatic rings. The first-order valence-corrected chi connectivity index (χ1v) is 11.4. The van der Waals surface area contributed by atoms with E-state index in [1.54, 1.807) is 26.8 Å². The van der Waals surface area contributed by atoms with Crippen molar-refractivity contribution < 1.29 is 19.1 Å². The second-order valence-corrected chi connectivity index (χ2v) is 8.72. The number of amides is 3.